The molecule has 0 aliphatic heterocycles. The highest BCUT2D eigenvalue weighted by Gasteiger charge is 2.30. The van der Waals surface area contributed by atoms with E-state index in [9.17, 15) is 13.2 Å². The molecule has 0 saturated heterocycles. The lowest BCUT2D eigenvalue weighted by Crippen LogP contribution is -2.40. The standard InChI is InChI=1S/C8H13N3O4S/c1-6(8(12)13)11(3)16(14,15)7-4-10(2)5-9-7/h4-6H,1-3H3,(H,12,13). The van der Waals surface area contributed by atoms with E-state index in [1.165, 1.54) is 31.1 Å². The number of aromatic nitrogens is 2. The van der Waals surface area contributed by atoms with Gasteiger partial charge in [-0.15, -0.1) is 0 Å². The zero-order chi connectivity index (χ0) is 12.5. The molecule has 90 valence electrons. The summed E-state index contributed by atoms with van der Waals surface area (Å²) >= 11 is 0. The fourth-order valence-electron chi connectivity index (χ4n) is 1.03. The van der Waals surface area contributed by atoms with E-state index in [-0.39, 0.29) is 5.03 Å². The third kappa shape index (κ3) is 2.22. The molecule has 0 fully saturated rings. The van der Waals surface area contributed by atoms with Crippen LogP contribution < -0.4 is 0 Å². The first-order valence-corrected chi connectivity index (χ1v) is 5.89. The van der Waals surface area contributed by atoms with Gasteiger partial charge in [0.05, 0.1) is 6.33 Å². The van der Waals surface area contributed by atoms with Crippen molar-refractivity contribution in [1.82, 2.24) is 13.9 Å². The third-order valence-corrected chi connectivity index (χ3v) is 4.04. The van der Waals surface area contributed by atoms with Crippen molar-refractivity contribution in [2.24, 2.45) is 7.05 Å². The summed E-state index contributed by atoms with van der Waals surface area (Å²) in [5.41, 5.74) is 0. The molecule has 0 aromatic carbocycles. The minimum atomic E-state index is -3.84. The number of aliphatic carboxylic acids is 1. The molecule has 1 aromatic rings. The van der Waals surface area contributed by atoms with E-state index in [4.69, 9.17) is 5.11 Å². The van der Waals surface area contributed by atoms with Crippen molar-refractivity contribution in [3.8, 4) is 0 Å². The van der Waals surface area contributed by atoms with Crippen LogP contribution in [0.2, 0.25) is 0 Å². The lowest BCUT2D eigenvalue weighted by Gasteiger charge is -2.19. The van der Waals surface area contributed by atoms with E-state index in [0.29, 0.717) is 0 Å². The molecular formula is C8H13N3O4S. The maximum absolute atomic E-state index is 11.9. The number of carboxylic acids is 1. The minimum Gasteiger partial charge on any atom is -0.480 e. The number of likely N-dealkylation sites (N-methyl/N-ethyl adjacent to an activating group) is 1. The number of hydrogen-bond donors (Lipinski definition) is 1. The Bertz CT molecular complexity index is 493. The fourth-order valence-corrected chi connectivity index (χ4v) is 2.31. The van der Waals surface area contributed by atoms with Gasteiger partial charge in [0.2, 0.25) is 0 Å². The molecule has 0 radical (unpaired) electrons. The Labute approximate surface area is 93.4 Å². The minimum absolute atomic E-state index is 0.161. The smallest absolute Gasteiger partial charge is 0.321 e. The van der Waals surface area contributed by atoms with Gasteiger partial charge in [-0.05, 0) is 6.92 Å². The third-order valence-electron chi connectivity index (χ3n) is 2.23. The van der Waals surface area contributed by atoms with E-state index < -0.39 is 22.0 Å². The molecule has 16 heavy (non-hydrogen) atoms. The van der Waals surface area contributed by atoms with E-state index in [1.807, 2.05) is 0 Å². The Balaban J connectivity index is 3.08. The Morgan fingerprint density at radius 2 is 2.19 bits per heavy atom. The Hall–Kier alpha value is -1.41. The molecule has 0 aliphatic carbocycles. The van der Waals surface area contributed by atoms with Gasteiger partial charge in [0.1, 0.15) is 6.04 Å². The molecule has 1 unspecified atom stereocenters. The highest BCUT2D eigenvalue weighted by Crippen LogP contribution is 2.13. The van der Waals surface area contributed by atoms with E-state index in [1.54, 1.807) is 7.05 Å². The average Bonchev–Trinajstić information content (AvgIpc) is 2.62. The molecule has 0 aliphatic rings. The number of aryl methyl sites for hydroxylation is 1. The number of carboxylic acid groups (broad SMARTS) is 1. The number of nitrogens with zero attached hydrogens (tertiary/aromatic N) is 3. The highest BCUT2D eigenvalue weighted by molar-refractivity contribution is 7.89. The Kier molecular flexibility index (Phi) is 3.34. The quantitative estimate of drug-likeness (QED) is 0.775. The summed E-state index contributed by atoms with van der Waals surface area (Å²) < 4.78 is 26.0. The first-order chi connectivity index (χ1) is 7.26. The van der Waals surface area contributed by atoms with Crippen LogP contribution in [0.4, 0.5) is 0 Å². The van der Waals surface area contributed by atoms with Gasteiger partial charge in [0, 0.05) is 20.3 Å². The van der Waals surface area contributed by atoms with Crippen LogP contribution in [0.3, 0.4) is 0 Å². The van der Waals surface area contributed by atoms with Crippen LogP contribution in [0.15, 0.2) is 17.6 Å². The van der Waals surface area contributed by atoms with Crippen molar-refractivity contribution in [3.63, 3.8) is 0 Å². The molecular weight excluding hydrogens is 234 g/mol. The highest BCUT2D eigenvalue weighted by atomic mass is 32.2. The Morgan fingerprint density at radius 1 is 1.62 bits per heavy atom. The predicted octanol–water partition coefficient (Wildman–Crippen LogP) is -0.486. The SMILES string of the molecule is CC(C(=O)O)N(C)S(=O)(=O)c1cn(C)cn1. The number of imidazole rings is 1. The van der Waals surface area contributed by atoms with E-state index in [2.05, 4.69) is 4.98 Å². The second kappa shape index (κ2) is 4.22. The number of carbonyl (C=O) groups is 1. The van der Waals surface area contributed by atoms with Crippen LogP contribution in [0.5, 0.6) is 0 Å². The topological polar surface area (TPSA) is 92.5 Å². The molecule has 1 N–H and O–H groups in total. The maximum atomic E-state index is 11.9. The van der Waals surface area contributed by atoms with E-state index in [0.717, 1.165) is 4.31 Å². The molecule has 0 saturated carbocycles. The second-order valence-corrected chi connectivity index (χ2v) is 5.36. The van der Waals surface area contributed by atoms with Crippen LogP contribution in [-0.4, -0.2) is 46.4 Å². The fraction of sp³-hybridized carbons (Fsp3) is 0.500. The summed E-state index contributed by atoms with van der Waals surface area (Å²) in [6, 6.07) is -1.13. The van der Waals surface area contributed by atoms with Crippen molar-refractivity contribution in [2.45, 2.75) is 18.0 Å². The second-order valence-electron chi connectivity index (χ2n) is 3.41. The average molecular weight is 247 g/mol. The van der Waals surface area contributed by atoms with Gasteiger partial charge in [0.15, 0.2) is 5.03 Å². The molecule has 7 nitrogen and oxygen atoms in total. The van der Waals surface area contributed by atoms with Gasteiger partial charge in [-0.2, -0.15) is 4.31 Å². The summed E-state index contributed by atoms with van der Waals surface area (Å²) in [5, 5.41) is 8.57. The number of rotatable bonds is 4. The molecule has 0 spiro atoms. The van der Waals surface area contributed by atoms with Gasteiger partial charge < -0.3 is 9.67 Å². The van der Waals surface area contributed by atoms with Gasteiger partial charge in [0.25, 0.3) is 10.0 Å². The summed E-state index contributed by atoms with van der Waals surface area (Å²) in [7, 11) is -0.999. The number of hydrogen-bond acceptors (Lipinski definition) is 4. The van der Waals surface area contributed by atoms with Gasteiger partial charge in [-0.25, -0.2) is 13.4 Å². The zero-order valence-electron chi connectivity index (χ0n) is 9.15. The molecule has 1 atom stereocenters. The van der Waals surface area contributed by atoms with Crippen molar-refractivity contribution in [3.05, 3.63) is 12.5 Å². The van der Waals surface area contributed by atoms with Crippen LogP contribution in [0.25, 0.3) is 0 Å². The summed E-state index contributed by atoms with van der Waals surface area (Å²) in [5.74, 6) is -1.21. The molecule has 1 heterocycles. The van der Waals surface area contributed by atoms with Crippen molar-refractivity contribution >= 4 is 16.0 Å². The van der Waals surface area contributed by atoms with Crippen molar-refractivity contribution < 1.29 is 18.3 Å². The van der Waals surface area contributed by atoms with Gasteiger partial charge >= 0.3 is 5.97 Å². The summed E-state index contributed by atoms with van der Waals surface area (Å²) in [6.45, 7) is 1.29. The molecule has 1 aromatic heterocycles. The van der Waals surface area contributed by atoms with Crippen LogP contribution in [0.1, 0.15) is 6.92 Å². The summed E-state index contributed by atoms with van der Waals surface area (Å²) in [4.78, 5) is 14.4. The molecule has 1 rings (SSSR count). The van der Waals surface area contributed by atoms with Crippen LogP contribution in [0, 0.1) is 0 Å². The predicted molar refractivity (Wildman–Crippen MR) is 55.3 cm³/mol. The van der Waals surface area contributed by atoms with Crippen LogP contribution in [-0.2, 0) is 21.9 Å². The first-order valence-electron chi connectivity index (χ1n) is 4.45. The van der Waals surface area contributed by atoms with Crippen molar-refractivity contribution in [2.75, 3.05) is 7.05 Å². The van der Waals surface area contributed by atoms with Gasteiger partial charge in [-0.3, -0.25) is 4.79 Å². The summed E-state index contributed by atoms with van der Waals surface area (Å²) in [6.07, 6.45) is 2.66. The first kappa shape index (κ1) is 12.7. The number of sulfonamides is 1. The molecule has 0 amide bonds. The molecule has 8 heteroatoms. The Morgan fingerprint density at radius 3 is 2.56 bits per heavy atom. The van der Waals surface area contributed by atoms with Crippen molar-refractivity contribution in [1.29, 1.82) is 0 Å². The zero-order valence-corrected chi connectivity index (χ0v) is 9.97. The van der Waals surface area contributed by atoms with E-state index >= 15 is 0 Å². The lowest BCUT2D eigenvalue weighted by molar-refractivity contribution is -0.140. The maximum Gasteiger partial charge on any atom is 0.321 e. The normalized spacial score (nSPS) is 14.0. The van der Waals surface area contributed by atoms with Crippen LogP contribution >= 0.6 is 0 Å². The molecule has 0 bridgehead atoms. The largest absolute Gasteiger partial charge is 0.480 e. The lowest BCUT2D eigenvalue weighted by atomic mass is 10.4. The van der Waals surface area contributed by atoms with Gasteiger partial charge in [-0.1, -0.05) is 0 Å². The monoisotopic (exact) mass is 247 g/mol.